The molecule has 0 aliphatic heterocycles. The highest BCUT2D eigenvalue weighted by Crippen LogP contribution is 2.35. The van der Waals surface area contributed by atoms with Crippen LogP contribution in [-0.2, 0) is 6.54 Å². The average Bonchev–Trinajstić information content (AvgIpc) is 2.78. The summed E-state index contributed by atoms with van der Waals surface area (Å²) in [6.07, 6.45) is 6.63. The number of nitrogens with one attached hydrogen (secondary N) is 1. The Balaban J connectivity index is 1.78. The first-order valence-electron chi connectivity index (χ1n) is 6.53. The zero-order chi connectivity index (χ0) is 13.0. The minimum absolute atomic E-state index is 0.232. The van der Waals surface area contributed by atoms with E-state index in [4.69, 9.17) is 0 Å². The molecule has 0 spiro atoms. The van der Waals surface area contributed by atoms with E-state index in [9.17, 15) is 10.1 Å². The molecule has 100 valence electrons. The summed E-state index contributed by atoms with van der Waals surface area (Å²) in [5.74, 6) is 0. The summed E-state index contributed by atoms with van der Waals surface area (Å²) in [6, 6.07) is 3.43. The highest BCUT2D eigenvalue weighted by atomic mass is 32.1. The third-order valence-corrected chi connectivity index (χ3v) is 4.78. The molecule has 1 N–H and O–H groups in total. The molecule has 0 radical (unpaired) electrons. The number of thiophene rings is 1. The van der Waals surface area contributed by atoms with Gasteiger partial charge in [0.15, 0.2) is 0 Å². The van der Waals surface area contributed by atoms with Crippen molar-refractivity contribution in [2.75, 3.05) is 6.54 Å². The topological polar surface area (TPSA) is 55.2 Å². The largest absolute Gasteiger partial charge is 0.324 e. The maximum atomic E-state index is 10.6. The smallest absolute Gasteiger partial charge is 0.311 e. The molecule has 18 heavy (non-hydrogen) atoms. The Hall–Kier alpha value is -0.940. The number of rotatable bonds is 5. The van der Waals surface area contributed by atoms with Gasteiger partial charge in [0.1, 0.15) is 0 Å². The van der Waals surface area contributed by atoms with Crippen LogP contribution in [0, 0.1) is 15.5 Å². The van der Waals surface area contributed by atoms with Crippen LogP contribution in [0.3, 0.4) is 0 Å². The SMILES string of the molecule is CC1(CNCc2ccc([N+](=O)[O-])s2)CCCCC1. The minimum atomic E-state index is -0.323. The molecule has 0 atom stereocenters. The zero-order valence-electron chi connectivity index (χ0n) is 10.8. The van der Waals surface area contributed by atoms with Crippen molar-refractivity contribution in [2.24, 2.45) is 5.41 Å². The van der Waals surface area contributed by atoms with E-state index in [0.717, 1.165) is 18.0 Å². The summed E-state index contributed by atoms with van der Waals surface area (Å²) in [5, 5.41) is 14.3. The Labute approximate surface area is 112 Å². The molecule has 1 aliphatic rings. The van der Waals surface area contributed by atoms with Gasteiger partial charge in [0, 0.05) is 24.0 Å². The van der Waals surface area contributed by atoms with Crippen LogP contribution < -0.4 is 5.32 Å². The third kappa shape index (κ3) is 3.53. The van der Waals surface area contributed by atoms with Crippen molar-refractivity contribution < 1.29 is 4.92 Å². The molecule has 1 fully saturated rings. The summed E-state index contributed by atoms with van der Waals surface area (Å²) < 4.78 is 0. The highest BCUT2D eigenvalue weighted by molar-refractivity contribution is 7.15. The van der Waals surface area contributed by atoms with Crippen molar-refractivity contribution in [3.05, 3.63) is 27.1 Å². The second kappa shape index (κ2) is 5.80. The molecule has 0 saturated heterocycles. The predicted molar refractivity (Wildman–Crippen MR) is 73.9 cm³/mol. The zero-order valence-corrected chi connectivity index (χ0v) is 11.6. The number of nitrogens with zero attached hydrogens (tertiary/aromatic N) is 1. The fraction of sp³-hybridized carbons (Fsp3) is 0.692. The number of hydrogen-bond acceptors (Lipinski definition) is 4. The lowest BCUT2D eigenvalue weighted by molar-refractivity contribution is -0.380. The van der Waals surface area contributed by atoms with Gasteiger partial charge in [0.2, 0.25) is 0 Å². The molecule has 5 heteroatoms. The molecular weight excluding hydrogens is 248 g/mol. The minimum Gasteiger partial charge on any atom is -0.311 e. The van der Waals surface area contributed by atoms with Crippen molar-refractivity contribution >= 4 is 16.3 Å². The van der Waals surface area contributed by atoms with Crippen LogP contribution in [0.1, 0.15) is 43.9 Å². The van der Waals surface area contributed by atoms with Crippen molar-refractivity contribution in [3.63, 3.8) is 0 Å². The van der Waals surface area contributed by atoms with Crippen molar-refractivity contribution in [1.29, 1.82) is 0 Å². The molecule has 4 nitrogen and oxygen atoms in total. The Kier molecular flexibility index (Phi) is 4.35. The molecule has 1 aliphatic carbocycles. The van der Waals surface area contributed by atoms with E-state index in [1.54, 1.807) is 6.07 Å². The van der Waals surface area contributed by atoms with Crippen LogP contribution in [0.2, 0.25) is 0 Å². The van der Waals surface area contributed by atoms with Crippen LogP contribution in [0.25, 0.3) is 0 Å². The number of nitro groups is 1. The second-order valence-corrected chi connectivity index (χ2v) is 6.62. The fourth-order valence-corrected chi connectivity index (χ4v) is 3.42. The van der Waals surface area contributed by atoms with Gasteiger partial charge in [-0.25, -0.2) is 0 Å². The van der Waals surface area contributed by atoms with Gasteiger partial charge in [0.05, 0.1) is 4.92 Å². The number of hydrogen-bond donors (Lipinski definition) is 1. The van der Waals surface area contributed by atoms with E-state index in [0.29, 0.717) is 5.41 Å². The van der Waals surface area contributed by atoms with E-state index in [2.05, 4.69) is 12.2 Å². The molecule has 2 rings (SSSR count). The van der Waals surface area contributed by atoms with E-state index in [1.807, 2.05) is 6.07 Å². The first kappa shape index (κ1) is 13.5. The van der Waals surface area contributed by atoms with Gasteiger partial charge in [-0.15, -0.1) is 0 Å². The van der Waals surface area contributed by atoms with E-state index < -0.39 is 0 Å². The van der Waals surface area contributed by atoms with Gasteiger partial charge in [-0.3, -0.25) is 10.1 Å². The standard InChI is InChI=1S/C13H20N2O2S/c1-13(7-3-2-4-8-13)10-14-9-11-5-6-12(18-11)15(16)17/h5-6,14H,2-4,7-10H2,1H3. The van der Waals surface area contributed by atoms with Gasteiger partial charge < -0.3 is 5.32 Å². The lowest BCUT2D eigenvalue weighted by Gasteiger charge is -2.33. The maximum Gasteiger partial charge on any atom is 0.324 e. The molecule has 1 heterocycles. The summed E-state index contributed by atoms with van der Waals surface area (Å²) in [6.45, 7) is 4.10. The van der Waals surface area contributed by atoms with Gasteiger partial charge in [-0.2, -0.15) is 0 Å². The van der Waals surface area contributed by atoms with E-state index >= 15 is 0 Å². The molecule has 0 amide bonds. The molecule has 0 bridgehead atoms. The quantitative estimate of drug-likeness (QED) is 0.654. The lowest BCUT2D eigenvalue weighted by atomic mass is 9.76. The molecule has 1 saturated carbocycles. The lowest BCUT2D eigenvalue weighted by Crippen LogP contribution is -2.33. The van der Waals surface area contributed by atoms with Crippen molar-refractivity contribution in [1.82, 2.24) is 5.32 Å². The van der Waals surface area contributed by atoms with Crippen LogP contribution >= 0.6 is 11.3 Å². The molecule has 1 aromatic rings. The maximum absolute atomic E-state index is 10.6. The van der Waals surface area contributed by atoms with Crippen LogP contribution in [0.4, 0.5) is 5.00 Å². The van der Waals surface area contributed by atoms with Crippen LogP contribution in [0.15, 0.2) is 12.1 Å². The van der Waals surface area contributed by atoms with Crippen molar-refractivity contribution in [3.8, 4) is 0 Å². The van der Waals surface area contributed by atoms with Gasteiger partial charge in [0.25, 0.3) is 0 Å². The summed E-state index contributed by atoms with van der Waals surface area (Å²) in [4.78, 5) is 11.3. The monoisotopic (exact) mass is 268 g/mol. The molecule has 0 aromatic carbocycles. The Morgan fingerprint density at radius 3 is 2.72 bits per heavy atom. The van der Waals surface area contributed by atoms with Gasteiger partial charge >= 0.3 is 5.00 Å². The molecule has 0 unspecified atom stereocenters. The first-order valence-corrected chi connectivity index (χ1v) is 7.35. The van der Waals surface area contributed by atoms with Crippen molar-refractivity contribution in [2.45, 2.75) is 45.6 Å². The fourth-order valence-electron chi connectivity index (χ4n) is 2.63. The highest BCUT2D eigenvalue weighted by Gasteiger charge is 2.26. The van der Waals surface area contributed by atoms with Gasteiger partial charge in [-0.05, 0) is 24.3 Å². The summed E-state index contributed by atoms with van der Waals surface area (Å²) in [5.41, 5.74) is 0.418. The average molecular weight is 268 g/mol. The van der Waals surface area contributed by atoms with E-state index in [1.165, 1.54) is 43.4 Å². The van der Waals surface area contributed by atoms with Gasteiger partial charge in [-0.1, -0.05) is 37.5 Å². The summed E-state index contributed by atoms with van der Waals surface area (Å²) >= 11 is 1.26. The third-order valence-electron chi connectivity index (χ3n) is 3.74. The Morgan fingerprint density at radius 1 is 1.39 bits per heavy atom. The summed E-state index contributed by atoms with van der Waals surface area (Å²) in [7, 11) is 0. The normalized spacial score (nSPS) is 18.7. The second-order valence-electron chi connectivity index (χ2n) is 5.47. The predicted octanol–water partition coefficient (Wildman–Crippen LogP) is 3.72. The Bertz CT molecular complexity index is 411. The first-order chi connectivity index (χ1) is 8.59. The van der Waals surface area contributed by atoms with E-state index in [-0.39, 0.29) is 9.92 Å². The Morgan fingerprint density at radius 2 is 2.11 bits per heavy atom. The van der Waals surface area contributed by atoms with Crippen LogP contribution in [-0.4, -0.2) is 11.5 Å². The van der Waals surface area contributed by atoms with Crippen LogP contribution in [0.5, 0.6) is 0 Å². The molecular formula is C13H20N2O2S. The molecule has 1 aromatic heterocycles.